The van der Waals surface area contributed by atoms with Crippen LogP contribution < -0.4 is 5.32 Å². The van der Waals surface area contributed by atoms with E-state index < -0.39 is 17.5 Å². The molecule has 4 nitrogen and oxygen atoms in total. The minimum atomic E-state index is -1.20. The lowest BCUT2D eigenvalue weighted by Crippen LogP contribution is -2.14. The zero-order valence-electron chi connectivity index (χ0n) is 13.8. The lowest BCUT2D eigenvalue weighted by Gasteiger charge is -2.06. The van der Waals surface area contributed by atoms with Crippen LogP contribution in [0.3, 0.4) is 0 Å². The fourth-order valence-electron chi connectivity index (χ4n) is 2.71. The van der Waals surface area contributed by atoms with Crippen molar-refractivity contribution in [3.8, 4) is 11.4 Å². The Morgan fingerprint density at radius 1 is 0.963 bits per heavy atom. The SMILES string of the molecule is O=C(Nc1ccc2nc(-c3ccc(F)cc3)[nH]c2c1)c1cccc(F)c1F. The van der Waals surface area contributed by atoms with E-state index in [1.54, 1.807) is 30.3 Å². The molecular weight excluding hydrogens is 355 g/mol. The molecule has 2 N–H and O–H groups in total. The molecule has 3 aromatic carbocycles. The van der Waals surface area contributed by atoms with Crippen molar-refractivity contribution in [3.63, 3.8) is 0 Å². The second kappa shape index (κ2) is 6.60. The van der Waals surface area contributed by atoms with Gasteiger partial charge in [0.05, 0.1) is 16.6 Å². The van der Waals surface area contributed by atoms with Crippen molar-refractivity contribution < 1.29 is 18.0 Å². The number of nitrogens with one attached hydrogen (secondary N) is 2. The van der Waals surface area contributed by atoms with Gasteiger partial charge in [-0.05, 0) is 54.6 Å². The average Bonchev–Trinajstić information content (AvgIpc) is 3.07. The third-order valence-electron chi connectivity index (χ3n) is 4.05. The van der Waals surface area contributed by atoms with Crippen LogP contribution in [0.5, 0.6) is 0 Å². The van der Waals surface area contributed by atoms with E-state index in [1.807, 2.05) is 0 Å². The number of carbonyl (C=O) groups is 1. The molecule has 134 valence electrons. The summed E-state index contributed by atoms with van der Waals surface area (Å²) in [4.78, 5) is 19.7. The first-order chi connectivity index (χ1) is 13.0. The number of H-pyrrole nitrogens is 1. The number of imidazole rings is 1. The molecule has 0 atom stereocenters. The van der Waals surface area contributed by atoms with E-state index in [0.29, 0.717) is 28.1 Å². The first kappa shape index (κ1) is 16.8. The Kier molecular flexibility index (Phi) is 4.12. The number of fused-ring (bicyclic) bond motifs is 1. The van der Waals surface area contributed by atoms with Gasteiger partial charge in [-0.15, -0.1) is 0 Å². The van der Waals surface area contributed by atoms with E-state index in [2.05, 4.69) is 15.3 Å². The molecule has 7 heteroatoms. The number of carbonyl (C=O) groups excluding carboxylic acids is 1. The van der Waals surface area contributed by atoms with E-state index >= 15 is 0 Å². The van der Waals surface area contributed by atoms with Crippen molar-refractivity contribution >= 4 is 22.6 Å². The zero-order valence-corrected chi connectivity index (χ0v) is 13.8. The normalized spacial score (nSPS) is 10.9. The summed E-state index contributed by atoms with van der Waals surface area (Å²) in [7, 11) is 0. The van der Waals surface area contributed by atoms with Crippen LogP contribution in [0.4, 0.5) is 18.9 Å². The van der Waals surface area contributed by atoms with Gasteiger partial charge in [-0.3, -0.25) is 4.79 Å². The number of amides is 1. The topological polar surface area (TPSA) is 57.8 Å². The van der Waals surface area contributed by atoms with Crippen LogP contribution in [0, 0.1) is 17.5 Å². The number of hydrogen-bond acceptors (Lipinski definition) is 2. The fraction of sp³-hybridized carbons (Fsp3) is 0. The van der Waals surface area contributed by atoms with Crippen molar-refractivity contribution in [1.82, 2.24) is 9.97 Å². The van der Waals surface area contributed by atoms with Gasteiger partial charge in [-0.2, -0.15) is 0 Å². The quantitative estimate of drug-likeness (QED) is 0.541. The molecule has 0 aliphatic heterocycles. The molecule has 0 aliphatic carbocycles. The number of halogens is 3. The number of anilines is 1. The van der Waals surface area contributed by atoms with Gasteiger partial charge in [0.2, 0.25) is 0 Å². The van der Waals surface area contributed by atoms with Crippen LogP contribution >= 0.6 is 0 Å². The molecule has 1 aromatic heterocycles. The summed E-state index contributed by atoms with van der Waals surface area (Å²) in [5.41, 5.74) is 1.99. The lowest BCUT2D eigenvalue weighted by atomic mass is 10.2. The molecule has 0 bridgehead atoms. The van der Waals surface area contributed by atoms with Gasteiger partial charge in [-0.1, -0.05) is 6.07 Å². The molecule has 0 unspecified atom stereocenters. The predicted octanol–water partition coefficient (Wildman–Crippen LogP) is 4.90. The first-order valence-electron chi connectivity index (χ1n) is 8.02. The molecule has 0 spiro atoms. The van der Waals surface area contributed by atoms with Gasteiger partial charge in [0.25, 0.3) is 5.91 Å². The number of benzene rings is 3. The second-order valence-electron chi connectivity index (χ2n) is 5.88. The van der Waals surface area contributed by atoms with Crippen LogP contribution in [0.25, 0.3) is 22.4 Å². The number of hydrogen-bond donors (Lipinski definition) is 2. The molecule has 0 aliphatic rings. The van der Waals surface area contributed by atoms with Crippen molar-refractivity contribution in [1.29, 1.82) is 0 Å². The molecule has 4 aromatic rings. The summed E-state index contributed by atoms with van der Waals surface area (Å²) in [5, 5.41) is 2.53. The van der Waals surface area contributed by atoms with Gasteiger partial charge >= 0.3 is 0 Å². The number of aromatic amines is 1. The largest absolute Gasteiger partial charge is 0.338 e. The van der Waals surface area contributed by atoms with E-state index in [-0.39, 0.29) is 11.4 Å². The third-order valence-corrected chi connectivity index (χ3v) is 4.05. The summed E-state index contributed by atoms with van der Waals surface area (Å²) < 4.78 is 40.1. The van der Waals surface area contributed by atoms with Gasteiger partial charge in [0.1, 0.15) is 11.6 Å². The Morgan fingerprint density at radius 3 is 2.52 bits per heavy atom. The maximum absolute atomic E-state index is 13.7. The summed E-state index contributed by atoms with van der Waals surface area (Å²) in [6, 6.07) is 14.2. The standard InChI is InChI=1S/C20H12F3N3O/c21-12-6-4-11(5-7-12)19-25-16-9-8-13(10-17(16)26-19)24-20(27)14-2-1-3-15(22)18(14)23/h1-10H,(H,24,27)(H,25,26). The highest BCUT2D eigenvalue weighted by atomic mass is 19.2. The smallest absolute Gasteiger partial charge is 0.258 e. The van der Waals surface area contributed by atoms with E-state index in [0.717, 1.165) is 6.07 Å². The highest BCUT2D eigenvalue weighted by molar-refractivity contribution is 6.05. The molecule has 1 amide bonds. The highest BCUT2D eigenvalue weighted by Gasteiger charge is 2.15. The molecule has 0 fully saturated rings. The van der Waals surface area contributed by atoms with Gasteiger partial charge < -0.3 is 10.3 Å². The average molecular weight is 367 g/mol. The zero-order chi connectivity index (χ0) is 19.0. The Morgan fingerprint density at radius 2 is 1.74 bits per heavy atom. The predicted molar refractivity (Wildman–Crippen MR) is 95.8 cm³/mol. The van der Waals surface area contributed by atoms with Crippen LogP contribution in [0.15, 0.2) is 60.7 Å². The molecule has 0 saturated heterocycles. The van der Waals surface area contributed by atoms with Crippen LogP contribution in [-0.4, -0.2) is 15.9 Å². The Bertz CT molecular complexity index is 1150. The molecule has 0 saturated carbocycles. The summed E-state index contributed by atoms with van der Waals surface area (Å²) in [5.74, 6) is -2.84. The lowest BCUT2D eigenvalue weighted by molar-refractivity contribution is 0.102. The molecule has 27 heavy (non-hydrogen) atoms. The van der Waals surface area contributed by atoms with Gasteiger partial charge in [-0.25, -0.2) is 18.2 Å². The maximum atomic E-state index is 13.7. The fourth-order valence-corrected chi connectivity index (χ4v) is 2.71. The van der Waals surface area contributed by atoms with Crippen LogP contribution in [0.1, 0.15) is 10.4 Å². The summed E-state index contributed by atoms with van der Waals surface area (Å²) in [6.45, 7) is 0. The van der Waals surface area contributed by atoms with E-state index in [9.17, 15) is 18.0 Å². The number of rotatable bonds is 3. The number of aromatic nitrogens is 2. The number of nitrogens with zero attached hydrogens (tertiary/aromatic N) is 1. The first-order valence-corrected chi connectivity index (χ1v) is 8.02. The summed E-state index contributed by atoms with van der Waals surface area (Å²) >= 11 is 0. The van der Waals surface area contributed by atoms with Crippen molar-refractivity contribution in [2.75, 3.05) is 5.32 Å². The third kappa shape index (κ3) is 3.27. The molecule has 0 radical (unpaired) electrons. The maximum Gasteiger partial charge on any atom is 0.258 e. The van der Waals surface area contributed by atoms with Crippen molar-refractivity contribution in [2.24, 2.45) is 0 Å². The van der Waals surface area contributed by atoms with E-state index in [4.69, 9.17) is 0 Å². The van der Waals surface area contributed by atoms with Crippen LogP contribution in [0.2, 0.25) is 0 Å². The minimum absolute atomic E-state index is 0.343. The monoisotopic (exact) mass is 367 g/mol. The Labute approximate surface area is 151 Å². The van der Waals surface area contributed by atoms with E-state index in [1.165, 1.54) is 24.3 Å². The van der Waals surface area contributed by atoms with Crippen LogP contribution in [-0.2, 0) is 0 Å². The Hall–Kier alpha value is -3.61. The van der Waals surface area contributed by atoms with Gasteiger partial charge in [0.15, 0.2) is 11.6 Å². The molecule has 1 heterocycles. The second-order valence-corrected chi connectivity index (χ2v) is 5.88. The van der Waals surface area contributed by atoms with Gasteiger partial charge in [0, 0.05) is 11.3 Å². The molecule has 4 rings (SSSR count). The molecular formula is C20H12F3N3O. The minimum Gasteiger partial charge on any atom is -0.338 e. The highest BCUT2D eigenvalue weighted by Crippen LogP contribution is 2.23. The van der Waals surface area contributed by atoms with Crippen molar-refractivity contribution in [3.05, 3.63) is 83.7 Å². The summed E-state index contributed by atoms with van der Waals surface area (Å²) in [6.07, 6.45) is 0. The van der Waals surface area contributed by atoms with Crippen molar-refractivity contribution in [2.45, 2.75) is 0 Å². The Balaban J connectivity index is 1.62.